The Hall–Kier alpha value is -1.40. The van der Waals surface area contributed by atoms with Gasteiger partial charge in [-0.3, -0.25) is 4.79 Å². The maximum Gasteiger partial charge on any atom is 0.240 e. The fraction of sp³-hybridized carbons (Fsp3) is 0.682. The van der Waals surface area contributed by atoms with E-state index in [1.165, 1.54) is 12.8 Å². The number of benzene rings is 1. The van der Waals surface area contributed by atoms with Gasteiger partial charge < -0.3 is 5.32 Å². The molecule has 1 aromatic carbocycles. The Morgan fingerprint density at radius 3 is 2.43 bits per heavy atom. The lowest BCUT2D eigenvalue weighted by molar-refractivity contribution is -0.128. The summed E-state index contributed by atoms with van der Waals surface area (Å²) in [6, 6.07) is 9.15. The quantitative estimate of drug-likeness (QED) is 0.760. The molecule has 2 fully saturated rings. The van der Waals surface area contributed by atoms with Crippen molar-refractivity contribution >= 4 is 15.9 Å². The third-order valence-corrected chi connectivity index (χ3v) is 7.91. The molecule has 3 rings (SSSR count). The first-order valence-electron chi connectivity index (χ1n) is 10.4. The van der Waals surface area contributed by atoms with Crippen LogP contribution in [-0.2, 0) is 20.6 Å². The molecule has 2 N–H and O–H groups in total. The van der Waals surface area contributed by atoms with Crippen molar-refractivity contribution in [3.05, 3.63) is 35.9 Å². The Kier molecular flexibility index (Phi) is 6.20. The van der Waals surface area contributed by atoms with Crippen LogP contribution in [0, 0.1) is 23.7 Å². The molecule has 2 bridgehead atoms. The van der Waals surface area contributed by atoms with Gasteiger partial charge in [-0.15, -0.1) is 0 Å². The van der Waals surface area contributed by atoms with E-state index in [1.807, 2.05) is 18.2 Å². The van der Waals surface area contributed by atoms with Gasteiger partial charge in [0, 0.05) is 6.04 Å². The molecule has 0 spiro atoms. The lowest BCUT2D eigenvalue weighted by Gasteiger charge is -2.47. The predicted molar refractivity (Wildman–Crippen MR) is 112 cm³/mol. The van der Waals surface area contributed by atoms with Gasteiger partial charge in [0.1, 0.15) is 5.54 Å². The van der Waals surface area contributed by atoms with E-state index in [1.54, 1.807) is 26.0 Å². The molecule has 2 aliphatic carbocycles. The van der Waals surface area contributed by atoms with Gasteiger partial charge in [0.25, 0.3) is 0 Å². The second-order valence-corrected chi connectivity index (χ2v) is 11.3. The Bertz CT molecular complexity index is 787. The third-order valence-electron chi connectivity index (χ3n) is 6.38. The first-order valence-corrected chi connectivity index (χ1v) is 12.1. The molecule has 0 saturated heterocycles. The summed E-state index contributed by atoms with van der Waals surface area (Å²) in [6.07, 6.45) is 4.77. The zero-order chi connectivity index (χ0) is 20.5. The maximum atomic E-state index is 13.0. The highest BCUT2D eigenvalue weighted by molar-refractivity contribution is 7.88. The van der Waals surface area contributed by atoms with E-state index in [2.05, 4.69) is 23.9 Å². The summed E-state index contributed by atoms with van der Waals surface area (Å²) in [5, 5.41) is 3.21. The Morgan fingerprint density at radius 1 is 1.07 bits per heavy atom. The topological polar surface area (TPSA) is 75.3 Å². The molecule has 2 aliphatic rings. The van der Waals surface area contributed by atoms with Crippen LogP contribution >= 0.6 is 0 Å². The molecule has 0 aromatic heterocycles. The molecule has 0 heterocycles. The smallest absolute Gasteiger partial charge is 0.240 e. The van der Waals surface area contributed by atoms with Crippen molar-refractivity contribution in [2.24, 2.45) is 23.7 Å². The van der Waals surface area contributed by atoms with E-state index < -0.39 is 15.6 Å². The van der Waals surface area contributed by atoms with Crippen LogP contribution < -0.4 is 10.0 Å². The fourth-order valence-electron chi connectivity index (χ4n) is 5.28. The number of sulfonamides is 1. The molecule has 156 valence electrons. The van der Waals surface area contributed by atoms with E-state index >= 15 is 0 Å². The molecule has 5 unspecified atom stereocenters. The molecule has 28 heavy (non-hydrogen) atoms. The summed E-state index contributed by atoms with van der Waals surface area (Å²) >= 11 is 0. The van der Waals surface area contributed by atoms with E-state index in [0.717, 1.165) is 18.8 Å². The van der Waals surface area contributed by atoms with Gasteiger partial charge in [-0.1, -0.05) is 44.2 Å². The third kappa shape index (κ3) is 5.15. The fourth-order valence-corrected chi connectivity index (χ4v) is 6.86. The number of hydrogen-bond donors (Lipinski definition) is 2. The van der Waals surface area contributed by atoms with Gasteiger partial charge in [-0.05, 0) is 68.8 Å². The van der Waals surface area contributed by atoms with Crippen LogP contribution in [0.3, 0.4) is 0 Å². The summed E-state index contributed by atoms with van der Waals surface area (Å²) in [7, 11) is -3.63. The van der Waals surface area contributed by atoms with Crippen molar-refractivity contribution in [2.75, 3.05) is 0 Å². The summed E-state index contributed by atoms with van der Waals surface area (Å²) in [5.41, 5.74) is -0.487. The minimum Gasteiger partial charge on any atom is -0.351 e. The van der Waals surface area contributed by atoms with Crippen LogP contribution in [0.4, 0.5) is 0 Å². The molecule has 2 saturated carbocycles. The highest BCUT2D eigenvalue weighted by Gasteiger charge is 2.42. The van der Waals surface area contributed by atoms with Crippen LogP contribution in [0.25, 0.3) is 0 Å². The molecule has 1 amide bonds. The second-order valence-electron chi connectivity index (χ2n) is 9.62. The number of carbonyl (C=O) groups is 1. The largest absolute Gasteiger partial charge is 0.351 e. The van der Waals surface area contributed by atoms with Gasteiger partial charge in [-0.25, -0.2) is 8.42 Å². The molecule has 5 nitrogen and oxygen atoms in total. The van der Waals surface area contributed by atoms with Gasteiger partial charge in [0.15, 0.2) is 0 Å². The molecule has 1 aromatic rings. The number of amides is 1. The molecule has 6 heteroatoms. The SMILES string of the molecule is CC1CC2CC(C)C(NC(=O)C(C)(C)NS(=O)(=O)Cc3ccccc3)C(C1)C2. The summed E-state index contributed by atoms with van der Waals surface area (Å²) in [4.78, 5) is 13.0. The van der Waals surface area contributed by atoms with Gasteiger partial charge in [0.2, 0.25) is 15.9 Å². The summed E-state index contributed by atoms with van der Waals surface area (Å²) < 4.78 is 27.8. The van der Waals surface area contributed by atoms with Crippen LogP contribution in [0.1, 0.15) is 58.9 Å². The second kappa shape index (κ2) is 8.15. The van der Waals surface area contributed by atoms with Crippen LogP contribution in [0.2, 0.25) is 0 Å². The van der Waals surface area contributed by atoms with Gasteiger partial charge in [0.05, 0.1) is 5.75 Å². The van der Waals surface area contributed by atoms with E-state index in [0.29, 0.717) is 23.3 Å². The summed E-state index contributed by atoms with van der Waals surface area (Å²) in [5.74, 6) is 2.03. The average Bonchev–Trinajstić information content (AvgIpc) is 2.57. The Labute approximate surface area is 169 Å². The van der Waals surface area contributed by atoms with E-state index in [9.17, 15) is 13.2 Å². The van der Waals surface area contributed by atoms with Crippen LogP contribution in [0.5, 0.6) is 0 Å². The van der Waals surface area contributed by atoms with Crippen LogP contribution in [-0.4, -0.2) is 25.9 Å². The number of fused-ring (bicyclic) bond motifs is 2. The molecular weight excluding hydrogens is 372 g/mol. The van der Waals surface area contributed by atoms with Crippen molar-refractivity contribution in [3.63, 3.8) is 0 Å². The minimum absolute atomic E-state index is 0.129. The normalized spacial score (nSPS) is 30.6. The standard InChI is InChI=1S/C22H34N2O3S/c1-15-10-18-12-16(2)20(19(11-15)13-18)23-21(25)22(3,4)24-28(26,27)14-17-8-6-5-7-9-17/h5-9,15-16,18-20,24H,10-14H2,1-4H3,(H,23,25). The van der Waals surface area contributed by atoms with Crippen molar-refractivity contribution in [1.82, 2.24) is 10.0 Å². The van der Waals surface area contributed by atoms with Crippen molar-refractivity contribution < 1.29 is 13.2 Å². The van der Waals surface area contributed by atoms with Crippen molar-refractivity contribution in [3.8, 4) is 0 Å². The predicted octanol–water partition coefficient (Wildman–Crippen LogP) is 3.46. The van der Waals surface area contributed by atoms with Gasteiger partial charge in [-0.2, -0.15) is 4.72 Å². The highest BCUT2D eigenvalue weighted by atomic mass is 32.2. The van der Waals surface area contributed by atoms with E-state index in [4.69, 9.17) is 0 Å². The molecule has 5 atom stereocenters. The zero-order valence-corrected chi connectivity index (χ0v) is 18.3. The number of carbonyl (C=O) groups excluding carboxylic acids is 1. The lowest BCUT2D eigenvalue weighted by Crippen LogP contribution is -2.60. The van der Waals surface area contributed by atoms with Gasteiger partial charge >= 0.3 is 0 Å². The number of nitrogens with one attached hydrogen (secondary N) is 2. The lowest BCUT2D eigenvalue weighted by atomic mass is 9.63. The summed E-state index contributed by atoms with van der Waals surface area (Å²) in [6.45, 7) is 7.80. The molecular formula is C22H34N2O3S. The number of rotatable bonds is 6. The van der Waals surface area contributed by atoms with Crippen molar-refractivity contribution in [1.29, 1.82) is 0 Å². The van der Waals surface area contributed by atoms with Crippen molar-refractivity contribution in [2.45, 2.75) is 70.7 Å². The van der Waals surface area contributed by atoms with Crippen LogP contribution in [0.15, 0.2) is 30.3 Å². The molecule has 0 aliphatic heterocycles. The Balaban J connectivity index is 1.65. The Morgan fingerprint density at radius 2 is 1.75 bits per heavy atom. The number of hydrogen-bond acceptors (Lipinski definition) is 3. The molecule has 0 radical (unpaired) electrons. The maximum absolute atomic E-state index is 13.0. The zero-order valence-electron chi connectivity index (χ0n) is 17.4. The monoisotopic (exact) mass is 406 g/mol. The first kappa shape index (κ1) is 21.3. The van der Waals surface area contributed by atoms with E-state index in [-0.39, 0.29) is 17.7 Å². The minimum atomic E-state index is -3.63. The highest BCUT2D eigenvalue weighted by Crippen LogP contribution is 2.44. The average molecular weight is 407 g/mol. The first-order chi connectivity index (χ1) is 13.1.